The number of carboxylic acids is 1. The van der Waals surface area contributed by atoms with Crippen LogP contribution in [0.3, 0.4) is 0 Å². The van der Waals surface area contributed by atoms with Crippen LogP contribution < -0.4 is 5.32 Å². The van der Waals surface area contributed by atoms with Crippen molar-refractivity contribution in [2.24, 2.45) is 0 Å². The molecule has 0 aliphatic rings. The van der Waals surface area contributed by atoms with Crippen LogP contribution in [0.15, 0.2) is 60.7 Å². The third-order valence-electron chi connectivity index (χ3n) is 3.89. The van der Waals surface area contributed by atoms with E-state index < -0.39 is 24.0 Å². The van der Waals surface area contributed by atoms with Gasteiger partial charge in [-0.05, 0) is 30.9 Å². The first-order valence-corrected chi connectivity index (χ1v) is 8.29. The maximum Gasteiger partial charge on any atom is 0.323 e. The van der Waals surface area contributed by atoms with E-state index in [1.807, 2.05) is 60.7 Å². The van der Waals surface area contributed by atoms with Crippen molar-refractivity contribution < 1.29 is 19.4 Å². The van der Waals surface area contributed by atoms with Crippen LogP contribution in [0.25, 0.3) is 0 Å². The highest BCUT2D eigenvalue weighted by molar-refractivity contribution is 5.78. The van der Waals surface area contributed by atoms with Crippen molar-refractivity contribution in [2.45, 2.75) is 38.5 Å². The van der Waals surface area contributed by atoms with Crippen LogP contribution in [0, 0.1) is 0 Å². The summed E-state index contributed by atoms with van der Waals surface area (Å²) in [5.41, 5.74) is 1.98. The molecule has 2 aromatic rings. The van der Waals surface area contributed by atoms with Gasteiger partial charge >= 0.3 is 11.9 Å². The van der Waals surface area contributed by atoms with Crippen LogP contribution >= 0.6 is 0 Å². The number of esters is 1. The van der Waals surface area contributed by atoms with Gasteiger partial charge in [0.25, 0.3) is 0 Å². The fourth-order valence-corrected chi connectivity index (χ4v) is 2.43. The maximum absolute atomic E-state index is 12.4. The number of nitrogens with one attached hydrogen (secondary N) is 1. The van der Waals surface area contributed by atoms with Gasteiger partial charge in [-0.3, -0.25) is 14.9 Å². The molecular weight excluding hydrogens is 318 g/mol. The van der Waals surface area contributed by atoms with Gasteiger partial charge in [0.2, 0.25) is 0 Å². The largest absolute Gasteiger partial charge is 0.480 e. The minimum Gasteiger partial charge on any atom is -0.480 e. The first-order valence-electron chi connectivity index (χ1n) is 8.29. The Balaban J connectivity index is 1.96. The number of ether oxygens (including phenoxy) is 1. The number of hydrogen-bond acceptors (Lipinski definition) is 4. The Bertz CT molecular complexity index is 673. The Labute approximate surface area is 147 Å². The van der Waals surface area contributed by atoms with Crippen molar-refractivity contribution in [1.82, 2.24) is 5.32 Å². The number of carboxylic acid groups (broad SMARTS) is 1. The van der Waals surface area contributed by atoms with Gasteiger partial charge in [0.05, 0.1) is 0 Å². The Morgan fingerprint density at radius 1 is 1.00 bits per heavy atom. The van der Waals surface area contributed by atoms with Gasteiger partial charge in [0.15, 0.2) is 0 Å². The number of carbonyl (C=O) groups excluding carboxylic acids is 1. The predicted octanol–water partition coefficient (Wildman–Crippen LogP) is 2.79. The topological polar surface area (TPSA) is 75.6 Å². The van der Waals surface area contributed by atoms with E-state index >= 15 is 0 Å². The molecule has 0 amide bonds. The van der Waals surface area contributed by atoms with Crippen molar-refractivity contribution in [1.29, 1.82) is 0 Å². The Morgan fingerprint density at radius 2 is 1.56 bits per heavy atom. The van der Waals surface area contributed by atoms with Crippen molar-refractivity contribution in [3.05, 3.63) is 71.8 Å². The highest BCUT2D eigenvalue weighted by Crippen LogP contribution is 2.09. The smallest absolute Gasteiger partial charge is 0.323 e. The second-order valence-corrected chi connectivity index (χ2v) is 5.90. The Kier molecular flexibility index (Phi) is 7.16. The minimum atomic E-state index is -0.999. The van der Waals surface area contributed by atoms with Crippen LogP contribution in [-0.2, 0) is 27.4 Å². The number of hydrogen-bond donors (Lipinski definition) is 2. The molecule has 0 saturated heterocycles. The van der Waals surface area contributed by atoms with Gasteiger partial charge in [-0.2, -0.15) is 0 Å². The molecule has 0 aromatic heterocycles. The molecule has 0 spiro atoms. The summed E-state index contributed by atoms with van der Waals surface area (Å²) in [6, 6.07) is 17.7. The SMILES string of the molecule is C[C@H](N[C@H](CCc1ccccc1)C(=O)OCc1ccccc1)C(=O)O. The van der Waals surface area contributed by atoms with Crippen LogP contribution in [-0.4, -0.2) is 29.1 Å². The fraction of sp³-hybridized carbons (Fsp3) is 0.300. The summed E-state index contributed by atoms with van der Waals surface area (Å²) in [6.07, 6.45) is 1.13. The summed E-state index contributed by atoms with van der Waals surface area (Å²) in [7, 11) is 0. The number of rotatable bonds is 9. The molecule has 0 fully saturated rings. The molecule has 0 aliphatic heterocycles. The molecule has 0 saturated carbocycles. The summed E-state index contributed by atoms with van der Waals surface area (Å²) < 4.78 is 5.36. The van der Waals surface area contributed by atoms with Gasteiger partial charge in [0, 0.05) is 0 Å². The lowest BCUT2D eigenvalue weighted by molar-refractivity contribution is -0.148. The van der Waals surface area contributed by atoms with Gasteiger partial charge in [-0.1, -0.05) is 60.7 Å². The molecule has 132 valence electrons. The molecule has 0 radical (unpaired) electrons. The van der Waals surface area contributed by atoms with Crippen LogP contribution in [0.2, 0.25) is 0 Å². The monoisotopic (exact) mass is 341 g/mol. The number of benzene rings is 2. The molecule has 2 aromatic carbocycles. The highest BCUT2D eigenvalue weighted by Gasteiger charge is 2.24. The van der Waals surface area contributed by atoms with Crippen molar-refractivity contribution >= 4 is 11.9 Å². The lowest BCUT2D eigenvalue weighted by atomic mass is 10.0. The van der Waals surface area contributed by atoms with Gasteiger partial charge in [-0.25, -0.2) is 0 Å². The molecule has 2 atom stereocenters. The summed E-state index contributed by atoms with van der Waals surface area (Å²) in [4.78, 5) is 23.5. The average molecular weight is 341 g/mol. The van der Waals surface area contributed by atoms with Gasteiger partial charge in [0.1, 0.15) is 18.7 Å². The zero-order valence-corrected chi connectivity index (χ0v) is 14.2. The van der Waals surface area contributed by atoms with Crippen LogP contribution in [0.4, 0.5) is 0 Å². The van der Waals surface area contributed by atoms with E-state index in [0.717, 1.165) is 11.1 Å². The average Bonchev–Trinajstić information content (AvgIpc) is 2.64. The van der Waals surface area contributed by atoms with E-state index in [1.165, 1.54) is 6.92 Å². The maximum atomic E-state index is 12.4. The molecule has 5 nitrogen and oxygen atoms in total. The fourth-order valence-electron chi connectivity index (χ4n) is 2.43. The second kappa shape index (κ2) is 9.59. The lowest BCUT2D eigenvalue weighted by Crippen LogP contribution is -2.46. The molecule has 0 unspecified atom stereocenters. The molecule has 0 bridgehead atoms. The molecule has 0 heterocycles. The molecule has 5 heteroatoms. The van der Waals surface area contributed by atoms with Crippen molar-refractivity contribution in [3.63, 3.8) is 0 Å². The Hall–Kier alpha value is -2.66. The minimum absolute atomic E-state index is 0.171. The first-order chi connectivity index (χ1) is 12.1. The van der Waals surface area contributed by atoms with Crippen molar-refractivity contribution in [3.8, 4) is 0 Å². The second-order valence-electron chi connectivity index (χ2n) is 5.90. The molecule has 0 aliphatic carbocycles. The zero-order valence-electron chi connectivity index (χ0n) is 14.2. The van der Waals surface area contributed by atoms with Gasteiger partial charge in [-0.15, -0.1) is 0 Å². The standard InChI is InChI=1S/C20H23NO4/c1-15(19(22)23)21-18(13-12-16-8-4-2-5-9-16)20(24)25-14-17-10-6-3-7-11-17/h2-11,15,18,21H,12-14H2,1H3,(H,22,23)/t15-,18+/m0/s1. The Morgan fingerprint density at radius 3 is 2.12 bits per heavy atom. The number of aryl methyl sites for hydroxylation is 1. The summed E-state index contributed by atoms with van der Waals surface area (Å²) >= 11 is 0. The van der Waals surface area contributed by atoms with E-state index in [9.17, 15) is 9.59 Å². The normalized spacial score (nSPS) is 13.0. The van der Waals surface area contributed by atoms with Gasteiger partial charge < -0.3 is 9.84 Å². The van der Waals surface area contributed by atoms with E-state index in [2.05, 4.69) is 5.32 Å². The first kappa shape index (κ1) is 18.7. The lowest BCUT2D eigenvalue weighted by Gasteiger charge is -2.20. The van der Waals surface area contributed by atoms with Crippen LogP contribution in [0.5, 0.6) is 0 Å². The molecule has 2 N–H and O–H groups in total. The van der Waals surface area contributed by atoms with E-state index in [-0.39, 0.29) is 6.61 Å². The van der Waals surface area contributed by atoms with E-state index in [1.54, 1.807) is 0 Å². The van der Waals surface area contributed by atoms with E-state index in [4.69, 9.17) is 9.84 Å². The highest BCUT2D eigenvalue weighted by atomic mass is 16.5. The molecule has 25 heavy (non-hydrogen) atoms. The molecular formula is C20H23NO4. The van der Waals surface area contributed by atoms with Crippen LogP contribution in [0.1, 0.15) is 24.5 Å². The summed E-state index contributed by atoms with van der Waals surface area (Å²) in [5.74, 6) is -1.44. The third kappa shape index (κ3) is 6.39. The summed E-state index contributed by atoms with van der Waals surface area (Å²) in [5, 5.41) is 11.9. The quantitative estimate of drug-likeness (QED) is 0.686. The number of carbonyl (C=O) groups is 2. The molecule has 2 rings (SSSR count). The summed E-state index contributed by atoms with van der Waals surface area (Å²) in [6.45, 7) is 1.69. The van der Waals surface area contributed by atoms with Crippen molar-refractivity contribution in [2.75, 3.05) is 0 Å². The number of aliphatic carboxylic acids is 1. The predicted molar refractivity (Wildman–Crippen MR) is 95.0 cm³/mol. The zero-order chi connectivity index (χ0) is 18.1. The van der Waals surface area contributed by atoms with E-state index in [0.29, 0.717) is 12.8 Å². The third-order valence-corrected chi connectivity index (χ3v) is 3.89.